The van der Waals surface area contributed by atoms with Gasteiger partial charge in [0.1, 0.15) is 6.10 Å². The summed E-state index contributed by atoms with van der Waals surface area (Å²) < 4.78 is 0. The number of rotatable bonds is 52. The van der Waals surface area contributed by atoms with E-state index in [2.05, 4.69) is 55.6 Å². The Balaban J connectivity index is 3.47. The average molecular weight is 887 g/mol. The van der Waals surface area contributed by atoms with E-state index in [0.717, 1.165) is 44.9 Å². The summed E-state index contributed by atoms with van der Waals surface area (Å²) in [7, 11) is 0. The number of nitrogens with one attached hydrogen (secondary N) is 1. The monoisotopic (exact) mass is 886 g/mol. The van der Waals surface area contributed by atoms with Gasteiger partial charge in [-0.05, 0) is 70.6 Å². The Labute approximate surface area is 394 Å². The molecule has 0 aromatic carbocycles. The van der Waals surface area contributed by atoms with Crippen molar-refractivity contribution in [1.82, 2.24) is 5.32 Å². The molecule has 4 N–H and O–H groups in total. The molecule has 372 valence electrons. The van der Waals surface area contributed by atoms with E-state index < -0.39 is 18.2 Å². The van der Waals surface area contributed by atoms with Crippen LogP contribution in [0.2, 0.25) is 0 Å². The van der Waals surface area contributed by atoms with Gasteiger partial charge in [-0.25, -0.2) is 0 Å². The van der Waals surface area contributed by atoms with Crippen molar-refractivity contribution in [2.75, 3.05) is 6.61 Å². The fourth-order valence-electron chi connectivity index (χ4n) is 8.84. The molecule has 5 nitrogen and oxygen atoms in total. The Hall–Kier alpha value is -1.43. The van der Waals surface area contributed by atoms with E-state index in [1.807, 2.05) is 0 Å². The van der Waals surface area contributed by atoms with Crippen LogP contribution < -0.4 is 5.32 Å². The standard InChI is InChI=1S/C58H111NO4/c1-3-5-7-9-11-13-15-17-18-19-20-21-22-23-24-25-26-27-28-29-30-31-32-33-34-35-36-37-38-39-40-41-43-45-47-49-51-53-57(62)59-55(54-60)58(63)56(61)52-50-48-46-44-42-16-14-12-10-8-6-4-2/h24-25,27-28,44,46,55-56,58,60-61,63H,3-23,26,29-43,45,47-54H2,1-2H3,(H,59,62)/b25-24-,28-27-,46-44+. The third-order valence-electron chi connectivity index (χ3n) is 13.2. The molecule has 0 fully saturated rings. The largest absolute Gasteiger partial charge is 0.394 e. The van der Waals surface area contributed by atoms with Gasteiger partial charge < -0.3 is 20.6 Å². The van der Waals surface area contributed by atoms with E-state index in [1.165, 1.54) is 231 Å². The lowest BCUT2D eigenvalue weighted by atomic mass is 10.0. The molecular formula is C58H111NO4. The van der Waals surface area contributed by atoms with Gasteiger partial charge in [-0.1, -0.05) is 262 Å². The molecule has 0 aliphatic carbocycles. The van der Waals surface area contributed by atoms with E-state index in [9.17, 15) is 20.1 Å². The van der Waals surface area contributed by atoms with E-state index in [0.29, 0.717) is 12.8 Å². The molecule has 3 unspecified atom stereocenters. The van der Waals surface area contributed by atoms with E-state index >= 15 is 0 Å². The maximum Gasteiger partial charge on any atom is 0.220 e. The van der Waals surface area contributed by atoms with Crippen molar-refractivity contribution in [2.24, 2.45) is 0 Å². The normalized spacial score (nSPS) is 13.5. The molecule has 0 saturated heterocycles. The maximum absolute atomic E-state index is 12.5. The first-order valence-electron chi connectivity index (χ1n) is 28.3. The quantitative estimate of drug-likeness (QED) is 0.0362. The van der Waals surface area contributed by atoms with Gasteiger partial charge >= 0.3 is 0 Å². The number of hydrogen-bond donors (Lipinski definition) is 4. The predicted molar refractivity (Wildman–Crippen MR) is 278 cm³/mol. The Morgan fingerprint density at radius 2 is 0.683 bits per heavy atom. The van der Waals surface area contributed by atoms with Gasteiger partial charge in [0.05, 0.1) is 18.8 Å². The summed E-state index contributed by atoms with van der Waals surface area (Å²) in [4.78, 5) is 12.5. The number of carbonyl (C=O) groups excluding carboxylic acids is 1. The third kappa shape index (κ3) is 48.3. The minimum absolute atomic E-state index is 0.152. The van der Waals surface area contributed by atoms with Crippen LogP contribution in [0.15, 0.2) is 36.5 Å². The second-order valence-electron chi connectivity index (χ2n) is 19.5. The molecule has 1 amide bonds. The van der Waals surface area contributed by atoms with E-state index in [1.54, 1.807) is 0 Å². The molecule has 0 radical (unpaired) electrons. The molecule has 0 heterocycles. The summed E-state index contributed by atoms with van der Waals surface area (Å²) in [5, 5.41) is 33.6. The lowest BCUT2D eigenvalue weighted by Crippen LogP contribution is -2.50. The molecule has 5 heteroatoms. The average Bonchev–Trinajstić information content (AvgIpc) is 3.29. The summed E-state index contributed by atoms with van der Waals surface area (Å²) in [6.45, 7) is 4.17. The molecule has 0 aromatic heterocycles. The first-order chi connectivity index (χ1) is 31.1. The van der Waals surface area contributed by atoms with Crippen LogP contribution in [0.4, 0.5) is 0 Å². The summed E-state index contributed by atoms with van der Waals surface area (Å²) >= 11 is 0. The van der Waals surface area contributed by atoms with Crippen LogP contribution >= 0.6 is 0 Å². The van der Waals surface area contributed by atoms with Gasteiger partial charge in [-0.2, -0.15) is 0 Å². The zero-order chi connectivity index (χ0) is 45.8. The summed E-state index contributed by atoms with van der Waals surface area (Å²) in [6.07, 6.45) is 69.0. The van der Waals surface area contributed by atoms with Crippen LogP contribution in [0.5, 0.6) is 0 Å². The molecule has 0 aliphatic heterocycles. The SMILES string of the molecule is CCCCCCCCC/C=C/CCCC(O)C(O)C(CO)NC(=O)CCCCCCCCCCCCCCCCCCC/C=C\C/C=C\CCCCCCCCCCCCCCC. The number of allylic oxidation sites excluding steroid dienone is 6. The van der Waals surface area contributed by atoms with Crippen molar-refractivity contribution in [3.63, 3.8) is 0 Å². The highest BCUT2D eigenvalue weighted by molar-refractivity contribution is 5.76. The fourth-order valence-corrected chi connectivity index (χ4v) is 8.84. The molecular weight excluding hydrogens is 775 g/mol. The Bertz CT molecular complexity index is 978. The molecule has 63 heavy (non-hydrogen) atoms. The van der Waals surface area contributed by atoms with Crippen molar-refractivity contribution in [3.8, 4) is 0 Å². The van der Waals surface area contributed by atoms with Gasteiger partial charge in [0, 0.05) is 6.42 Å². The summed E-state index contributed by atoms with van der Waals surface area (Å²) in [5.41, 5.74) is 0. The third-order valence-corrected chi connectivity index (χ3v) is 13.2. The van der Waals surface area contributed by atoms with Crippen molar-refractivity contribution in [2.45, 2.75) is 321 Å². The first-order valence-corrected chi connectivity index (χ1v) is 28.3. The van der Waals surface area contributed by atoms with Crippen LogP contribution in [0.3, 0.4) is 0 Å². The molecule has 0 aromatic rings. The van der Waals surface area contributed by atoms with Crippen LogP contribution in [0, 0.1) is 0 Å². The van der Waals surface area contributed by atoms with E-state index in [4.69, 9.17) is 0 Å². The highest BCUT2D eigenvalue weighted by atomic mass is 16.3. The smallest absolute Gasteiger partial charge is 0.220 e. The minimum atomic E-state index is -1.16. The van der Waals surface area contributed by atoms with Crippen molar-refractivity contribution < 1.29 is 20.1 Å². The van der Waals surface area contributed by atoms with Gasteiger partial charge in [-0.15, -0.1) is 0 Å². The maximum atomic E-state index is 12.5. The molecule has 0 aliphatic rings. The van der Waals surface area contributed by atoms with Gasteiger partial charge in [0.2, 0.25) is 5.91 Å². The van der Waals surface area contributed by atoms with Crippen LogP contribution in [0.1, 0.15) is 303 Å². The topological polar surface area (TPSA) is 89.8 Å². The lowest BCUT2D eigenvalue weighted by molar-refractivity contribution is -0.124. The minimum Gasteiger partial charge on any atom is -0.394 e. The molecule has 0 bridgehead atoms. The molecule has 0 rings (SSSR count). The second kappa shape index (κ2) is 53.2. The number of hydrogen-bond acceptors (Lipinski definition) is 4. The first kappa shape index (κ1) is 61.6. The number of carbonyl (C=O) groups is 1. The highest BCUT2D eigenvalue weighted by Gasteiger charge is 2.26. The second-order valence-corrected chi connectivity index (χ2v) is 19.5. The van der Waals surface area contributed by atoms with Crippen molar-refractivity contribution in [3.05, 3.63) is 36.5 Å². The number of amides is 1. The van der Waals surface area contributed by atoms with Gasteiger partial charge in [-0.3, -0.25) is 4.79 Å². The predicted octanol–water partition coefficient (Wildman–Crippen LogP) is 17.4. The summed E-state index contributed by atoms with van der Waals surface area (Å²) in [5.74, 6) is -0.152. The molecule has 0 saturated carbocycles. The number of aliphatic hydroxyl groups is 3. The Morgan fingerprint density at radius 1 is 0.397 bits per heavy atom. The Morgan fingerprint density at radius 3 is 1.02 bits per heavy atom. The number of aliphatic hydroxyl groups excluding tert-OH is 3. The van der Waals surface area contributed by atoms with Gasteiger partial charge in [0.15, 0.2) is 0 Å². The van der Waals surface area contributed by atoms with Crippen molar-refractivity contribution in [1.29, 1.82) is 0 Å². The van der Waals surface area contributed by atoms with Gasteiger partial charge in [0.25, 0.3) is 0 Å². The van der Waals surface area contributed by atoms with Crippen LogP contribution in [-0.2, 0) is 4.79 Å². The highest BCUT2D eigenvalue weighted by Crippen LogP contribution is 2.17. The Kier molecular flexibility index (Phi) is 52.0. The zero-order valence-corrected chi connectivity index (χ0v) is 42.5. The lowest BCUT2D eigenvalue weighted by Gasteiger charge is -2.26. The summed E-state index contributed by atoms with van der Waals surface area (Å²) in [6, 6.07) is -0.824. The van der Waals surface area contributed by atoms with Crippen molar-refractivity contribution >= 4 is 5.91 Å². The molecule has 3 atom stereocenters. The number of unbranched alkanes of at least 4 members (excludes halogenated alkanes) is 38. The van der Waals surface area contributed by atoms with E-state index in [-0.39, 0.29) is 12.5 Å². The van der Waals surface area contributed by atoms with Crippen LogP contribution in [0.25, 0.3) is 0 Å². The zero-order valence-electron chi connectivity index (χ0n) is 42.5. The van der Waals surface area contributed by atoms with Crippen LogP contribution in [-0.4, -0.2) is 46.1 Å². The fraction of sp³-hybridized carbons (Fsp3) is 0.879. The molecule has 0 spiro atoms.